The molecule has 0 unspecified atom stereocenters. The summed E-state index contributed by atoms with van der Waals surface area (Å²) in [5.41, 5.74) is 1.20. The van der Waals surface area contributed by atoms with Crippen LogP contribution in [0.3, 0.4) is 0 Å². The Morgan fingerprint density at radius 1 is 1.12 bits per heavy atom. The van der Waals surface area contributed by atoms with Crippen molar-refractivity contribution in [3.05, 3.63) is 74.6 Å². The lowest BCUT2D eigenvalue weighted by atomic mass is 10.0. The quantitative estimate of drug-likeness (QED) is 0.695. The van der Waals surface area contributed by atoms with Gasteiger partial charge in [-0.25, -0.2) is 9.48 Å². The molecule has 1 fully saturated rings. The summed E-state index contributed by atoms with van der Waals surface area (Å²) in [5.74, 6) is 0.875. The van der Waals surface area contributed by atoms with Crippen molar-refractivity contribution in [3.8, 4) is 0 Å². The molecule has 1 aromatic carbocycles. The van der Waals surface area contributed by atoms with Crippen LogP contribution in [0.1, 0.15) is 35.1 Å². The maximum absolute atomic E-state index is 12.7. The minimum Gasteiger partial charge on any atom is -0.298 e. The van der Waals surface area contributed by atoms with Gasteiger partial charge in [0.1, 0.15) is 5.82 Å². The average Bonchev–Trinajstić information content (AvgIpc) is 3.26. The van der Waals surface area contributed by atoms with Gasteiger partial charge in [-0.15, -0.1) is 11.3 Å². The third kappa shape index (κ3) is 3.66. The molecule has 0 radical (unpaired) electrons. The number of aryl methyl sites for hydroxylation is 1. The van der Waals surface area contributed by atoms with Crippen LogP contribution in [0.5, 0.6) is 0 Å². The number of nitrogens with zero attached hydrogens (tertiary/aromatic N) is 4. The van der Waals surface area contributed by atoms with Crippen LogP contribution in [-0.4, -0.2) is 32.3 Å². The Bertz CT molecular complexity index is 890. The number of aromatic nitrogens is 3. The Morgan fingerprint density at radius 2 is 1.88 bits per heavy atom. The lowest BCUT2D eigenvalue weighted by Gasteiger charge is -2.32. The van der Waals surface area contributed by atoms with Crippen molar-refractivity contribution in [2.24, 2.45) is 7.05 Å². The van der Waals surface area contributed by atoms with Crippen LogP contribution in [0.2, 0.25) is 0 Å². The van der Waals surface area contributed by atoms with Gasteiger partial charge in [0.25, 0.3) is 0 Å². The largest absolute Gasteiger partial charge is 0.345 e. The number of hydrogen-bond donors (Lipinski definition) is 0. The predicted molar refractivity (Wildman–Crippen MR) is 105 cm³/mol. The van der Waals surface area contributed by atoms with E-state index in [1.54, 1.807) is 7.05 Å². The standard InChI is InChI=1S/C20H24N4OS/c1-22-20(25)24(19(21-22)14-16-6-3-2-4-7-16)17-9-11-23(12-10-17)15-18-8-5-13-26-18/h2-8,13,17H,9-12,14-15H2,1H3. The van der Waals surface area contributed by atoms with Crippen molar-refractivity contribution in [1.29, 1.82) is 0 Å². The lowest BCUT2D eigenvalue weighted by Crippen LogP contribution is -2.37. The van der Waals surface area contributed by atoms with Gasteiger partial charge in [-0.1, -0.05) is 36.4 Å². The van der Waals surface area contributed by atoms with Crippen molar-refractivity contribution in [1.82, 2.24) is 19.2 Å². The number of hydrogen-bond acceptors (Lipinski definition) is 4. The summed E-state index contributed by atoms with van der Waals surface area (Å²) in [7, 11) is 1.75. The first-order valence-corrected chi connectivity index (χ1v) is 10.0. The predicted octanol–water partition coefficient (Wildman–Crippen LogP) is 3.07. The van der Waals surface area contributed by atoms with Crippen LogP contribution in [-0.2, 0) is 20.0 Å². The Hall–Kier alpha value is -2.18. The Morgan fingerprint density at radius 3 is 2.58 bits per heavy atom. The molecule has 0 saturated carbocycles. The topological polar surface area (TPSA) is 43.1 Å². The van der Waals surface area contributed by atoms with Gasteiger partial charge >= 0.3 is 5.69 Å². The summed E-state index contributed by atoms with van der Waals surface area (Å²) < 4.78 is 3.42. The highest BCUT2D eigenvalue weighted by atomic mass is 32.1. The Kier molecular flexibility index (Phi) is 5.04. The molecule has 5 nitrogen and oxygen atoms in total. The minimum atomic E-state index is 0.00707. The second-order valence-corrected chi connectivity index (χ2v) is 7.97. The van der Waals surface area contributed by atoms with Gasteiger partial charge in [-0.05, 0) is 29.9 Å². The molecule has 4 rings (SSSR count). The highest BCUT2D eigenvalue weighted by molar-refractivity contribution is 7.09. The third-order valence-corrected chi connectivity index (χ3v) is 5.97. The van der Waals surface area contributed by atoms with Crippen LogP contribution in [0.4, 0.5) is 0 Å². The summed E-state index contributed by atoms with van der Waals surface area (Å²) in [6.45, 7) is 3.06. The number of thiophene rings is 1. The van der Waals surface area contributed by atoms with Crippen LogP contribution in [0, 0.1) is 0 Å². The molecule has 6 heteroatoms. The summed E-state index contributed by atoms with van der Waals surface area (Å²) in [6, 6.07) is 14.8. The molecule has 0 aliphatic carbocycles. The van der Waals surface area contributed by atoms with E-state index >= 15 is 0 Å². The van der Waals surface area contributed by atoms with E-state index in [0.717, 1.165) is 38.3 Å². The molecule has 0 spiro atoms. The molecular weight excluding hydrogens is 344 g/mol. The molecule has 3 aromatic rings. The van der Waals surface area contributed by atoms with Crippen LogP contribution < -0.4 is 5.69 Å². The normalized spacial score (nSPS) is 16.2. The molecule has 0 bridgehead atoms. The van der Waals surface area contributed by atoms with Gasteiger partial charge in [0.15, 0.2) is 0 Å². The molecule has 0 atom stereocenters. The highest BCUT2D eigenvalue weighted by Crippen LogP contribution is 2.25. The number of benzene rings is 1. The van der Waals surface area contributed by atoms with E-state index in [-0.39, 0.29) is 11.7 Å². The van der Waals surface area contributed by atoms with Gasteiger partial charge < -0.3 is 0 Å². The maximum atomic E-state index is 12.7. The van der Waals surface area contributed by atoms with Crippen molar-refractivity contribution >= 4 is 11.3 Å². The van der Waals surface area contributed by atoms with E-state index in [1.165, 1.54) is 15.1 Å². The Balaban J connectivity index is 1.48. The molecule has 136 valence electrons. The average molecular weight is 369 g/mol. The zero-order valence-electron chi connectivity index (χ0n) is 15.0. The van der Waals surface area contributed by atoms with Gasteiger partial charge in [0, 0.05) is 44.0 Å². The fraction of sp³-hybridized carbons (Fsp3) is 0.400. The van der Waals surface area contributed by atoms with Crippen molar-refractivity contribution in [2.45, 2.75) is 31.8 Å². The smallest absolute Gasteiger partial charge is 0.298 e. The lowest BCUT2D eigenvalue weighted by molar-refractivity contribution is 0.177. The number of rotatable bonds is 5. The van der Waals surface area contributed by atoms with Gasteiger partial charge in [0.05, 0.1) is 0 Å². The zero-order chi connectivity index (χ0) is 17.9. The second-order valence-electron chi connectivity index (χ2n) is 6.94. The number of likely N-dealkylation sites (tertiary alicyclic amines) is 1. The van der Waals surface area contributed by atoms with E-state index in [1.807, 2.05) is 34.1 Å². The monoisotopic (exact) mass is 368 g/mol. The fourth-order valence-corrected chi connectivity index (χ4v) is 4.50. The van der Waals surface area contributed by atoms with E-state index in [0.29, 0.717) is 6.42 Å². The van der Waals surface area contributed by atoms with Crippen LogP contribution in [0.15, 0.2) is 52.6 Å². The van der Waals surface area contributed by atoms with Gasteiger partial charge in [-0.3, -0.25) is 9.47 Å². The summed E-state index contributed by atoms with van der Waals surface area (Å²) in [6.07, 6.45) is 2.70. The van der Waals surface area contributed by atoms with Gasteiger partial charge in [-0.2, -0.15) is 5.10 Å². The number of piperidine rings is 1. The van der Waals surface area contributed by atoms with Crippen molar-refractivity contribution in [3.63, 3.8) is 0 Å². The first-order chi connectivity index (χ1) is 12.7. The fourth-order valence-electron chi connectivity index (χ4n) is 3.75. The van der Waals surface area contributed by atoms with E-state index in [2.05, 4.69) is 39.6 Å². The van der Waals surface area contributed by atoms with Crippen molar-refractivity contribution < 1.29 is 0 Å². The third-order valence-electron chi connectivity index (χ3n) is 5.11. The molecule has 0 N–H and O–H groups in total. The molecular formula is C20H24N4OS. The molecule has 1 saturated heterocycles. The first-order valence-electron chi connectivity index (χ1n) is 9.14. The van der Waals surface area contributed by atoms with E-state index in [9.17, 15) is 4.79 Å². The SMILES string of the molecule is Cn1nc(Cc2ccccc2)n(C2CCN(Cc3cccs3)CC2)c1=O. The summed E-state index contributed by atoms with van der Waals surface area (Å²) in [5, 5.41) is 6.65. The van der Waals surface area contributed by atoms with Crippen molar-refractivity contribution in [2.75, 3.05) is 13.1 Å². The molecule has 1 aliphatic heterocycles. The summed E-state index contributed by atoms with van der Waals surface area (Å²) >= 11 is 1.81. The molecule has 1 aliphatic rings. The Labute approximate surface area is 157 Å². The van der Waals surface area contributed by atoms with E-state index < -0.39 is 0 Å². The zero-order valence-corrected chi connectivity index (χ0v) is 15.9. The second kappa shape index (κ2) is 7.60. The van der Waals surface area contributed by atoms with Crippen LogP contribution >= 0.6 is 11.3 Å². The summed E-state index contributed by atoms with van der Waals surface area (Å²) in [4.78, 5) is 16.6. The van der Waals surface area contributed by atoms with Crippen LogP contribution in [0.25, 0.3) is 0 Å². The maximum Gasteiger partial charge on any atom is 0.345 e. The van der Waals surface area contributed by atoms with Gasteiger partial charge in [0.2, 0.25) is 0 Å². The minimum absolute atomic E-state index is 0.00707. The highest BCUT2D eigenvalue weighted by Gasteiger charge is 2.25. The first kappa shape index (κ1) is 17.2. The van der Waals surface area contributed by atoms with E-state index in [4.69, 9.17) is 0 Å². The molecule has 0 amide bonds. The molecule has 2 aromatic heterocycles. The molecule has 3 heterocycles. The molecule has 26 heavy (non-hydrogen) atoms.